The molecule has 0 bridgehead atoms. The second-order valence-corrected chi connectivity index (χ2v) is 4.48. The molecule has 22 heavy (non-hydrogen) atoms. The fourth-order valence-corrected chi connectivity index (χ4v) is 1.86. The highest BCUT2D eigenvalue weighted by Gasteiger charge is 2.12. The summed E-state index contributed by atoms with van der Waals surface area (Å²) in [7, 11) is 1.44. The van der Waals surface area contributed by atoms with Crippen LogP contribution in [-0.4, -0.2) is 25.2 Å². The number of non-ortho nitro benzene ring substituents is 1. The second kappa shape index (κ2) is 7.99. The molecule has 0 unspecified atom stereocenters. The Morgan fingerprint density at radius 1 is 1.05 bits per heavy atom. The molecule has 6 nitrogen and oxygen atoms in total. The molecule has 0 aliphatic carbocycles. The summed E-state index contributed by atoms with van der Waals surface area (Å²) >= 11 is 0. The van der Waals surface area contributed by atoms with Gasteiger partial charge in [0.2, 0.25) is 0 Å². The summed E-state index contributed by atoms with van der Waals surface area (Å²) in [4.78, 5) is 10.2. The summed E-state index contributed by atoms with van der Waals surface area (Å²) in [5, 5.41) is 10.7. The monoisotopic (exact) mass is 303 g/mol. The largest absolute Gasteiger partial charge is 0.493 e. The standard InChI is InChI=1S/C16H17NO5/c1-20-16-11-14(17(18)19)7-8-15(16)22-10-9-21-12-13-5-3-2-4-6-13/h2-8,11H,9-10,12H2,1H3. The van der Waals surface area contributed by atoms with Gasteiger partial charge in [-0.05, 0) is 11.6 Å². The molecule has 2 aromatic rings. The van der Waals surface area contributed by atoms with Crippen molar-refractivity contribution in [3.05, 3.63) is 64.2 Å². The highest BCUT2D eigenvalue weighted by atomic mass is 16.6. The molecular formula is C16H17NO5. The summed E-state index contributed by atoms with van der Waals surface area (Å²) in [6.07, 6.45) is 0. The highest BCUT2D eigenvalue weighted by Crippen LogP contribution is 2.30. The van der Waals surface area contributed by atoms with Crippen LogP contribution in [0.3, 0.4) is 0 Å². The van der Waals surface area contributed by atoms with Gasteiger partial charge in [0, 0.05) is 6.07 Å². The number of benzene rings is 2. The van der Waals surface area contributed by atoms with E-state index in [4.69, 9.17) is 14.2 Å². The lowest BCUT2D eigenvalue weighted by Crippen LogP contribution is -2.07. The fraction of sp³-hybridized carbons (Fsp3) is 0.250. The molecule has 0 aliphatic rings. The lowest BCUT2D eigenvalue weighted by molar-refractivity contribution is -0.384. The van der Waals surface area contributed by atoms with Crippen molar-refractivity contribution >= 4 is 5.69 Å². The molecular weight excluding hydrogens is 286 g/mol. The van der Waals surface area contributed by atoms with E-state index in [1.54, 1.807) is 0 Å². The van der Waals surface area contributed by atoms with E-state index in [2.05, 4.69) is 0 Å². The Balaban J connectivity index is 1.80. The predicted molar refractivity (Wildman–Crippen MR) is 81.2 cm³/mol. The fourth-order valence-electron chi connectivity index (χ4n) is 1.86. The summed E-state index contributed by atoms with van der Waals surface area (Å²) in [5.41, 5.74) is 1.06. The molecule has 0 saturated carbocycles. The summed E-state index contributed by atoms with van der Waals surface area (Å²) < 4.78 is 16.1. The van der Waals surface area contributed by atoms with Crippen molar-refractivity contribution in [3.63, 3.8) is 0 Å². The first kappa shape index (κ1) is 15.8. The lowest BCUT2D eigenvalue weighted by atomic mass is 10.2. The Labute approximate surface area is 128 Å². The van der Waals surface area contributed by atoms with Crippen LogP contribution >= 0.6 is 0 Å². The van der Waals surface area contributed by atoms with Gasteiger partial charge in [0.1, 0.15) is 6.61 Å². The Kier molecular flexibility index (Phi) is 5.73. The molecule has 0 radical (unpaired) electrons. The van der Waals surface area contributed by atoms with E-state index in [9.17, 15) is 10.1 Å². The zero-order valence-electron chi connectivity index (χ0n) is 12.2. The van der Waals surface area contributed by atoms with Gasteiger partial charge in [0.15, 0.2) is 11.5 Å². The molecule has 2 aromatic carbocycles. The van der Waals surface area contributed by atoms with Crippen LogP contribution in [0.1, 0.15) is 5.56 Å². The maximum absolute atomic E-state index is 10.7. The number of rotatable bonds is 8. The third kappa shape index (κ3) is 4.46. The number of nitrogens with zero attached hydrogens (tertiary/aromatic N) is 1. The molecule has 0 aliphatic heterocycles. The molecule has 0 N–H and O–H groups in total. The predicted octanol–water partition coefficient (Wildman–Crippen LogP) is 3.20. The SMILES string of the molecule is COc1cc([N+](=O)[O-])ccc1OCCOCc1ccccc1. The third-order valence-corrected chi connectivity index (χ3v) is 2.95. The van der Waals surface area contributed by atoms with Crippen molar-refractivity contribution in [2.24, 2.45) is 0 Å². The first-order chi connectivity index (χ1) is 10.7. The van der Waals surface area contributed by atoms with E-state index in [-0.39, 0.29) is 5.69 Å². The molecule has 116 valence electrons. The average molecular weight is 303 g/mol. The van der Waals surface area contributed by atoms with Crippen molar-refractivity contribution in [1.29, 1.82) is 0 Å². The van der Waals surface area contributed by atoms with Crippen molar-refractivity contribution in [3.8, 4) is 11.5 Å². The quantitative estimate of drug-likeness (QED) is 0.425. The van der Waals surface area contributed by atoms with E-state index in [1.165, 1.54) is 25.3 Å². The maximum Gasteiger partial charge on any atom is 0.273 e. The van der Waals surface area contributed by atoms with Gasteiger partial charge in [-0.25, -0.2) is 0 Å². The molecule has 0 amide bonds. The van der Waals surface area contributed by atoms with E-state index in [1.807, 2.05) is 30.3 Å². The second-order valence-electron chi connectivity index (χ2n) is 4.48. The molecule has 0 fully saturated rings. The van der Waals surface area contributed by atoms with E-state index < -0.39 is 4.92 Å². The Bertz CT molecular complexity index is 615. The Morgan fingerprint density at radius 3 is 2.50 bits per heavy atom. The van der Waals surface area contributed by atoms with Gasteiger partial charge < -0.3 is 14.2 Å². The summed E-state index contributed by atoms with van der Waals surface area (Å²) in [6, 6.07) is 14.1. The molecule has 0 saturated heterocycles. The van der Waals surface area contributed by atoms with Crippen LogP contribution in [0.15, 0.2) is 48.5 Å². The smallest absolute Gasteiger partial charge is 0.273 e. The normalized spacial score (nSPS) is 10.2. The molecule has 6 heteroatoms. The van der Waals surface area contributed by atoms with Gasteiger partial charge in [0.25, 0.3) is 5.69 Å². The molecule has 0 spiro atoms. The van der Waals surface area contributed by atoms with E-state index in [0.717, 1.165) is 5.56 Å². The number of hydrogen-bond acceptors (Lipinski definition) is 5. The molecule has 2 rings (SSSR count). The van der Waals surface area contributed by atoms with Crippen LogP contribution in [-0.2, 0) is 11.3 Å². The average Bonchev–Trinajstić information content (AvgIpc) is 2.55. The highest BCUT2D eigenvalue weighted by molar-refractivity contribution is 5.48. The van der Waals surface area contributed by atoms with Crippen molar-refractivity contribution in [2.75, 3.05) is 20.3 Å². The van der Waals surface area contributed by atoms with Crippen LogP contribution < -0.4 is 9.47 Å². The Morgan fingerprint density at radius 2 is 1.82 bits per heavy atom. The van der Waals surface area contributed by atoms with Gasteiger partial charge in [-0.3, -0.25) is 10.1 Å². The first-order valence-electron chi connectivity index (χ1n) is 6.77. The van der Waals surface area contributed by atoms with Crippen LogP contribution in [0.5, 0.6) is 11.5 Å². The number of ether oxygens (including phenoxy) is 3. The van der Waals surface area contributed by atoms with E-state index in [0.29, 0.717) is 31.3 Å². The Hall–Kier alpha value is -2.60. The van der Waals surface area contributed by atoms with Crippen molar-refractivity contribution in [1.82, 2.24) is 0 Å². The first-order valence-corrected chi connectivity index (χ1v) is 6.77. The zero-order valence-corrected chi connectivity index (χ0v) is 12.2. The minimum Gasteiger partial charge on any atom is -0.493 e. The molecule has 0 aromatic heterocycles. The van der Waals surface area contributed by atoms with E-state index >= 15 is 0 Å². The van der Waals surface area contributed by atoms with Crippen LogP contribution in [0.25, 0.3) is 0 Å². The van der Waals surface area contributed by atoms with Crippen LogP contribution in [0.2, 0.25) is 0 Å². The van der Waals surface area contributed by atoms with Gasteiger partial charge in [-0.1, -0.05) is 30.3 Å². The summed E-state index contributed by atoms with van der Waals surface area (Å²) in [6.45, 7) is 1.26. The topological polar surface area (TPSA) is 70.8 Å². The lowest BCUT2D eigenvalue weighted by Gasteiger charge is -2.10. The molecule has 0 heterocycles. The minimum atomic E-state index is -0.477. The summed E-state index contributed by atoms with van der Waals surface area (Å²) in [5.74, 6) is 0.786. The van der Waals surface area contributed by atoms with Crippen molar-refractivity contribution in [2.45, 2.75) is 6.61 Å². The van der Waals surface area contributed by atoms with Gasteiger partial charge in [-0.15, -0.1) is 0 Å². The molecule has 0 atom stereocenters. The van der Waals surface area contributed by atoms with Crippen LogP contribution in [0, 0.1) is 10.1 Å². The van der Waals surface area contributed by atoms with Crippen LogP contribution in [0.4, 0.5) is 5.69 Å². The third-order valence-electron chi connectivity index (χ3n) is 2.95. The number of hydrogen-bond donors (Lipinski definition) is 0. The van der Waals surface area contributed by atoms with Crippen molar-refractivity contribution < 1.29 is 19.1 Å². The zero-order chi connectivity index (χ0) is 15.8. The maximum atomic E-state index is 10.7. The number of methoxy groups -OCH3 is 1. The number of nitro groups is 1. The van der Waals surface area contributed by atoms with Gasteiger partial charge in [0.05, 0.1) is 31.3 Å². The van der Waals surface area contributed by atoms with Gasteiger partial charge >= 0.3 is 0 Å². The number of nitro benzene ring substituents is 1. The minimum absolute atomic E-state index is 0.0375. The van der Waals surface area contributed by atoms with Gasteiger partial charge in [-0.2, -0.15) is 0 Å².